The molecule has 1 atom stereocenters. The molecule has 0 saturated carbocycles. The monoisotopic (exact) mass is 448 g/mol. The van der Waals surface area contributed by atoms with Crippen molar-refractivity contribution in [3.8, 4) is 17.2 Å². The lowest BCUT2D eigenvalue weighted by molar-refractivity contribution is -0.122. The lowest BCUT2D eigenvalue weighted by Gasteiger charge is -2.23. The second-order valence-electron chi connectivity index (χ2n) is 8.16. The third-order valence-electron chi connectivity index (χ3n) is 6.38. The Balaban J connectivity index is 1.27. The predicted octanol–water partition coefficient (Wildman–Crippen LogP) is 4.60. The summed E-state index contributed by atoms with van der Waals surface area (Å²) in [6, 6.07) is 19.3. The number of para-hydroxylation sites is 1. The summed E-state index contributed by atoms with van der Waals surface area (Å²) in [5.74, 6) is 2.04. The van der Waals surface area contributed by atoms with E-state index in [4.69, 9.17) is 25.8 Å². The van der Waals surface area contributed by atoms with Crippen LogP contribution in [0.5, 0.6) is 17.2 Å². The van der Waals surface area contributed by atoms with Gasteiger partial charge in [0.25, 0.3) is 0 Å². The highest BCUT2D eigenvalue weighted by atomic mass is 35.5. The van der Waals surface area contributed by atoms with Crippen LogP contribution in [0.1, 0.15) is 17.5 Å². The van der Waals surface area contributed by atoms with Gasteiger partial charge in [-0.2, -0.15) is 0 Å². The molecule has 7 heteroatoms. The van der Waals surface area contributed by atoms with Crippen LogP contribution in [0.4, 0.5) is 11.4 Å². The summed E-state index contributed by atoms with van der Waals surface area (Å²) in [6.45, 7) is 1.81. The third-order valence-corrected chi connectivity index (χ3v) is 6.63. The lowest BCUT2D eigenvalue weighted by Crippen LogP contribution is -2.43. The van der Waals surface area contributed by atoms with Crippen molar-refractivity contribution in [3.05, 3.63) is 76.8 Å². The van der Waals surface area contributed by atoms with Crippen LogP contribution in [0, 0.1) is 0 Å². The van der Waals surface area contributed by atoms with Crippen molar-refractivity contribution in [2.75, 3.05) is 36.7 Å². The van der Waals surface area contributed by atoms with Crippen molar-refractivity contribution in [2.45, 2.75) is 11.8 Å². The molecule has 0 saturated heterocycles. The van der Waals surface area contributed by atoms with Crippen molar-refractivity contribution in [1.82, 2.24) is 0 Å². The average Bonchev–Trinajstić information content (AvgIpc) is 3.48. The molecule has 3 heterocycles. The van der Waals surface area contributed by atoms with Gasteiger partial charge in [-0.15, -0.1) is 0 Å². The van der Waals surface area contributed by atoms with E-state index in [0.29, 0.717) is 28.8 Å². The van der Waals surface area contributed by atoms with E-state index in [1.807, 2.05) is 65.6 Å². The number of hydrogen-bond acceptors (Lipinski definition) is 5. The maximum absolute atomic E-state index is 13.9. The molecular weight excluding hydrogens is 428 g/mol. The molecule has 6 rings (SSSR count). The Morgan fingerprint density at radius 3 is 2.56 bits per heavy atom. The normalized spacial score (nSPS) is 19.8. The van der Waals surface area contributed by atoms with E-state index in [9.17, 15) is 4.79 Å². The summed E-state index contributed by atoms with van der Waals surface area (Å²) >= 11 is 5.95. The first-order valence-corrected chi connectivity index (χ1v) is 11.0. The molecule has 3 aromatic carbocycles. The fourth-order valence-corrected chi connectivity index (χ4v) is 4.95. The Bertz CT molecular complexity index is 1210. The summed E-state index contributed by atoms with van der Waals surface area (Å²) in [5.41, 5.74) is 2.93. The molecule has 0 fully saturated rings. The highest BCUT2D eigenvalue weighted by molar-refractivity contribution is 6.30. The topological polar surface area (TPSA) is 60.0 Å². The fourth-order valence-electron chi connectivity index (χ4n) is 4.82. The van der Waals surface area contributed by atoms with Gasteiger partial charge >= 0.3 is 0 Å². The number of rotatable bonds is 5. The minimum atomic E-state index is -0.851. The van der Waals surface area contributed by atoms with Gasteiger partial charge in [-0.25, -0.2) is 0 Å². The molecule has 1 spiro atoms. The maximum atomic E-state index is 13.9. The molecule has 1 N–H and O–H groups in total. The number of benzene rings is 3. The Morgan fingerprint density at radius 2 is 1.72 bits per heavy atom. The van der Waals surface area contributed by atoms with Crippen LogP contribution in [-0.4, -0.2) is 32.4 Å². The molecule has 3 aliphatic rings. The van der Waals surface area contributed by atoms with Crippen molar-refractivity contribution in [3.63, 3.8) is 0 Å². The van der Waals surface area contributed by atoms with Gasteiger partial charge in [0.15, 0.2) is 11.5 Å². The second kappa shape index (κ2) is 7.35. The second-order valence-corrected chi connectivity index (χ2v) is 8.59. The predicted molar refractivity (Wildman–Crippen MR) is 122 cm³/mol. The first kappa shape index (κ1) is 19.3. The average molecular weight is 449 g/mol. The largest absolute Gasteiger partial charge is 0.491 e. The summed E-state index contributed by atoms with van der Waals surface area (Å²) in [7, 11) is 0. The van der Waals surface area contributed by atoms with Gasteiger partial charge in [0.1, 0.15) is 17.8 Å². The quantitative estimate of drug-likeness (QED) is 0.578. The Morgan fingerprint density at radius 1 is 0.938 bits per heavy atom. The fraction of sp³-hybridized carbons (Fsp3) is 0.240. The number of carbonyl (C=O) groups excluding carboxylic acids is 1. The van der Waals surface area contributed by atoms with Crippen LogP contribution in [0.2, 0.25) is 5.02 Å². The van der Waals surface area contributed by atoms with Gasteiger partial charge in [0.05, 0.1) is 0 Å². The van der Waals surface area contributed by atoms with Crippen LogP contribution in [0.3, 0.4) is 0 Å². The number of anilines is 2. The number of ether oxygens (including phenoxy) is 3. The number of nitrogens with one attached hydrogen (secondary N) is 1. The van der Waals surface area contributed by atoms with Crippen LogP contribution in [-0.2, 0) is 10.2 Å². The van der Waals surface area contributed by atoms with E-state index in [2.05, 4.69) is 5.32 Å². The van der Waals surface area contributed by atoms with Crippen LogP contribution >= 0.6 is 11.6 Å². The Kier molecular flexibility index (Phi) is 4.43. The number of halogens is 1. The molecule has 0 bridgehead atoms. The van der Waals surface area contributed by atoms with Crippen LogP contribution in [0.15, 0.2) is 60.7 Å². The Labute approximate surface area is 190 Å². The van der Waals surface area contributed by atoms with Crippen LogP contribution < -0.4 is 24.4 Å². The summed E-state index contributed by atoms with van der Waals surface area (Å²) in [5, 5.41) is 4.10. The van der Waals surface area contributed by atoms with Crippen molar-refractivity contribution < 1.29 is 19.0 Å². The van der Waals surface area contributed by atoms with Crippen molar-refractivity contribution in [1.29, 1.82) is 0 Å². The van der Waals surface area contributed by atoms with E-state index < -0.39 is 5.41 Å². The molecule has 3 aliphatic heterocycles. The van der Waals surface area contributed by atoms with E-state index in [0.717, 1.165) is 35.5 Å². The molecular formula is C25H21ClN2O4. The zero-order chi connectivity index (χ0) is 21.7. The van der Waals surface area contributed by atoms with E-state index in [1.165, 1.54) is 0 Å². The molecule has 0 aromatic heterocycles. The zero-order valence-corrected chi connectivity index (χ0v) is 18.0. The number of amides is 1. The van der Waals surface area contributed by atoms with Crippen LogP contribution in [0.25, 0.3) is 0 Å². The molecule has 0 radical (unpaired) electrons. The van der Waals surface area contributed by atoms with E-state index >= 15 is 0 Å². The molecule has 32 heavy (non-hydrogen) atoms. The molecule has 1 unspecified atom stereocenters. The van der Waals surface area contributed by atoms with Gasteiger partial charge in [0.2, 0.25) is 12.7 Å². The number of carbonyl (C=O) groups is 1. The minimum Gasteiger partial charge on any atom is -0.491 e. The number of fused-ring (bicyclic) bond motifs is 5. The van der Waals surface area contributed by atoms with Crippen molar-refractivity contribution >= 4 is 28.9 Å². The zero-order valence-electron chi connectivity index (χ0n) is 17.3. The first-order chi connectivity index (χ1) is 15.7. The lowest BCUT2D eigenvalue weighted by atomic mass is 9.77. The number of hydrogen-bond donors (Lipinski definition) is 1. The maximum Gasteiger partial charge on any atom is 0.245 e. The summed E-state index contributed by atoms with van der Waals surface area (Å²) in [6.07, 6.45) is 0.799. The van der Waals surface area contributed by atoms with Gasteiger partial charge in [-0.3, -0.25) is 4.79 Å². The van der Waals surface area contributed by atoms with E-state index in [1.54, 1.807) is 0 Å². The molecule has 0 aliphatic carbocycles. The van der Waals surface area contributed by atoms with Crippen molar-refractivity contribution in [2.24, 2.45) is 0 Å². The van der Waals surface area contributed by atoms with Gasteiger partial charge in [-0.1, -0.05) is 29.8 Å². The van der Waals surface area contributed by atoms with Gasteiger partial charge in [-0.05, 0) is 48.4 Å². The molecule has 1 amide bonds. The Hall–Kier alpha value is -3.38. The first-order valence-electron chi connectivity index (χ1n) is 10.6. The SMILES string of the molecule is O=C1N(CCCNc2ccc(Cl)cc2)c2ccccc2C12COc1cc3c(cc12)OCO3. The third kappa shape index (κ3) is 2.83. The molecule has 6 nitrogen and oxygen atoms in total. The standard InChI is InChI=1S/C25H21ClN2O4/c26-16-6-8-17(9-7-16)27-10-3-11-28-20-5-2-1-4-18(20)25(24(28)29)14-30-21-13-23-22(12-19(21)25)31-15-32-23/h1-2,4-9,12-13,27H,3,10-11,14-15H2. The highest BCUT2D eigenvalue weighted by Crippen LogP contribution is 2.54. The summed E-state index contributed by atoms with van der Waals surface area (Å²) < 4.78 is 17.1. The summed E-state index contributed by atoms with van der Waals surface area (Å²) in [4.78, 5) is 15.8. The number of nitrogens with zero attached hydrogens (tertiary/aromatic N) is 1. The molecule has 162 valence electrons. The minimum absolute atomic E-state index is 0.0443. The molecule has 3 aromatic rings. The van der Waals surface area contributed by atoms with Gasteiger partial charge in [0, 0.05) is 41.1 Å². The van der Waals surface area contributed by atoms with E-state index in [-0.39, 0.29) is 19.3 Å². The smallest absolute Gasteiger partial charge is 0.245 e. The van der Waals surface area contributed by atoms with Gasteiger partial charge < -0.3 is 24.4 Å². The highest BCUT2D eigenvalue weighted by Gasteiger charge is 2.57.